The molecular weight excluding hydrogens is 359 g/mol. The van der Waals surface area contributed by atoms with E-state index < -0.39 is 30.3 Å². The molecule has 2 aromatic rings. The summed E-state index contributed by atoms with van der Waals surface area (Å²) < 4.78 is 67.9. The number of nitrogens with one attached hydrogen (secondary N) is 1. The van der Waals surface area contributed by atoms with Gasteiger partial charge in [-0.2, -0.15) is 22.0 Å². The minimum absolute atomic E-state index is 0.233. The van der Waals surface area contributed by atoms with Gasteiger partial charge in [0, 0.05) is 0 Å². The largest absolute Gasteiger partial charge is 0.453 e. The number of amides is 1. The highest BCUT2D eigenvalue weighted by atomic mass is 32.2. The molecule has 1 aromatic heterocycles. The Bertz CT molecular complexity index is 734. The number of halogens is 5. The Kier molecular flexibility index (Phi) is 5.26. The summed E-state index contributed by atoms with van der Waals surface area (Å²) in [6.07, 6.45) is -3.44. The second-order valence-corrected chi connectivity index (χ2v) is 4.93. The van der Waals surface area contributed by atoms with Gasteiger partial charge in [-0.15, -0.1) is 10.2 Å². The number of carbonyl (C=O) groups is 1. The number of hydrogen-bond donors (Lipinski definition) is 1. The highest BCUT2D eigenvalue weighted by Crippen LogP contribution is 2.29. The van der Waals surface area contributed by atoms with Gasteiger partial charge in [0.25, 0.3) is 11.7 Å². The van der Waals surface area contributed by atoms with Crippen LogP contribution in [0.4, 0.5) is 22.0 Å². The van der Waals surface area contributed by atoms with Crippen LogP contribution >= 0.6 is 11.8 Å². The predicted octanol–water partition coefficient (Wildman–Crippen LogP) is 3.00. The van der Waals surface area contributed by atoms with E-state index in [9.17, 15) is 26.7 Å². The first-order valence-corrected chi connectivity index (χ1v) is 7.38. The van der Waals surface area contributed by atoms with E-state index in [-0.39, 0.29) is 10.7 Å². The van der Waals surface area contributed by atoms with Crippen molar-refractivity contribution in [3.05, 3.63) is 35.7 Å². The summed E-state index contributed by atoms with van der Waals surface area (Å²) in [5, 5.41) is 6.05. The predicted molar refractivity (Wildman–Crippen MR) is 73.6 cm³/mol. The second-order valence-electron chi connectivity index (χ2n) is 4.16. The number of nitrogens with zero attached hydrogens (tertiary/aromatic N) is 3. The van der Waals surface area contributed by atoms with E-state index in [1.54, 1.807) is 0 Å². The van der Waals surface area contributed by atoms with Gasteiger partial charge in [-0.25, -0.2) is 4.68 Å². The normalized spacial score (nSPS) is 11.6. The van der Waals surface area contributed by atoms with Crippen LogP contribution in [0.2, 0.25) is 0 Å². The van der Waals surface area contributed by atoms with Gasteiger partial charge in [-0.05, 0) is 18.4 Å². The summed E-state index contributed by atoms with van der Waals surface area (Å²) >= 11 is 0.808. The molecule has 0 aliphatic rings. The highest BCUT2D eigenvalue weighted by Gasteiger charge is 2.39. The van der Waals surface area contributed by atoms with Crippen LogP contribution in [0.25, 0.3) is 0 Å². The zero-order valence-electron chi connectivity index (χ0n) is 11.8. The molecule has 130 valence electrons. The topological polar surface area (TPSA) is 69.0 Å². The molecule has 0 fully saturated rings. The van der Waals surface area contributed by atoms with Crippen LogP contribution in [0, 0.1) is 0 Å². The maximum atomic E-state index is 12.9. The first-order valence-electron chi connectivity index (χ1n) is 6.16. The molecule has 0 saturated carbocycles. The minimum Gasteiger partial charge on any atom is -0.434 e. The van der Waals surface area contributed by atoms with Gasteiger partial charge in [0.1, 0.15) is 5.75 Å². The van der Waals surface area contributed by atoms with Gasteiger partial charge < -0.3 is 4.74 Å². The quantitative estimate of drug-likeness (QED) is 0.649. The van der Waals surface area contributed by atoms with E-state index in [0.717, 1.165) is 23.9 Å². The zero-order valence-corrected chi connectivity index (χ0v) is 12.7. The van der Waals surface area contributed by atoms with Gasteiger partial charge in [-0.3, -0.25) is 10.2 Å². The van der Waals surface area contributed by atoms with Gasteiger partial charge in [-0.1, -0.05) is 23.9 Å². The molecule has 0 spiro atoms. The number of benzene rings is 1. The van der Waals surface area contributed by atoms with Crippen LogP contribution in [0.5, 0.6) is 5.75 Å². The molecule has 24 heavy (non-hydrogen) atoms. The molecule has 1 amide bonds. The average Bonchev–Trinajstić information content (AvgIpc) is 2.89. The van der Waals surface area contributed by atoms with E-state index in [2.05, 4.69) is 14.9 Å². The van der Waals surface area contributed by atoms with Crippen molar-refractivity contribution in [3.8, 4) is 5.75 Å². The number of carbonyl (C=O) groups excluding carboxylic acids is 1. The van der Waals surface area contributed by atoms with Crippen molar-refractivity contribution in [1.82, 2.24) is 14.9 Å². The van der Waals surface area contributed by atoms with Gasteiger partial charge >= 0.3 is 12.8 Å². The van der Waals surface area contributed by atoms with Gasteiger partial charge in [0.15, 0.2) is 0 Å². The van der Waals surface area contributed by atoms with Crippen molar-refractivity contribution in [2.45, 2.75) is 17.9 Å². The van der Waals surface area contributed by atoms with Crippen molar-refractivity contribution >= 4 is 17.7 Å². The molecule has 12 heteroatoms. The Labute approximate surface area is 136 Å². The third-order valence-corrected chi connectivity index (χ3v) is 3.26. The fraction of sp³-hybridized carbons (Fsp3) is 0.250. The van der Waals surface area contributed by atoms with Crippen molar-refractivity contribution in [3.63, 3.8) is 0 Å². The third kappa shape index (κ3) is 3.93. The maximum Gasteiger partial charge on any atom is 0.453 e. The smallest absolute Gasteiger partial charge is 0.434 e. The highest BCUT2D eigenvalue weighted by molar-refractivity contribution is 7.98. The second kappa shape index (κ2) is 7.03. The summed E-state index contributed by atoms with van der Waals surface area (Å²) in [6, 6.07) is 4.90. The van der Waals surface area contributed by atoms with Crippen LogP contribution in [0.1, 0.15) is 16.2 Å². The SMILES string of the molecule is CSc1nnc(C(F)(F)F)n1NC(=O)c1ccccc1OC(F)F. The Morgan fingerprint density at radius 1 is 1.29 bits per heavy atom. The first kappa shape index (κ1) is 18.0. The fourth-order valence-electron chi connectivity index (χ4n) is 1.70. The van der Waals surface area contributed by atoms with Gasteiger partial charge in [0.2, 0.25) is 5.16 Å². The lowest BCUT2D eigenvalue weighted by Gasteiger charge is -2.14. The minimum atomic E-state index is -4.87. The Morgan fingerprint density at radius 3 is 2.54 bits per heavy atom. The average molecular weight is 368 g/mol. The lowest BCUT2D eigenvalue weighted by atomic mass is 10.2. The molecule has 1 heterocycles. The van der Waals surface area contributed by atoms with Crippen LogP contribution in [-0.2, 0) is 6.18 Å². The first-order chi connectivity index (χ1) is 11.2. The molecule has 1 N–H and O–H groups in total. The standard InChI is InChI=1S/C12H9F5N4O2S/c1-24-11-19-18-9(12(15,16)17)21(11)20-8(22)6-4-2-3-5-7(6)23-10(13)14/h2-5,10H,1H3,(H,20,22). The maximum absolute atomic E-state index is 12.9. The van der Waals surface area contributed by atoms with Crippen LogP contribution in [0.3, 0.4) is 0 Å². The number of alkyl halides is 5. The molecule has 0 radical (unpaired) electrons. The van der Waals surface area contributed by atoms with E-state index >= 15 is 0 Å². The molecule has 1 aromatic carbocycles. The zero-order chi connectivity index (χ0) is 17.9. The molecule has 0 atom stereocenters. The number of para-hydroxylation sites is 1. The molecule has 0 bridgehead atoms. The van der Waals surface area contributed by atoms with Crippen LogP contribution in [-0.4, -0.2) is 33.6 Å². The van der Waals surface area contributed by atoms with E-state index in [1.165, 1.54) is 18.4 Å². The number of hydrogen-bond acceptors (Lipinski definition) is 5. The monoisotopic (exact) mass is 368 g/mol. The Morgan fingerprint density at radius 2 is 1.96 bits per heavy atom. The third-order valence-electron chi connectivity index (χ3n) is 2.63. The van der Waals surface area contributed by atoms with Crippen molar-refractivity contribution in [2.75, 3.05) is 11.7 Å². The lowest BCUT2D eigenvalue weighted by molar-refractivity contribution is -0.146. The molecule has 6 nitrogen and oxygen atoms in total. The number of thioether (sulfide) groups is 1. The van der Waals surface area contributed by atoms with Crippen molar-refractivity contribution in [2.24, 2.45) is 0 Å². The summed E-state index contributed by atoms with van der Waals surface area (Å²) in [7, 11) is 0. The summed E-state index contributed by atoms with van der Waals surface area (Å²) in [6.45, 7) is -3.19. The number of aromatic nitrogens is 3. The molecular formula is C12H9F5N4O2S. The van der Waals surface area contributed by atoms with Crippen molar-refractivity contribution in [1.29, 1.82) is 0 Å². The molecule has 2 rings (SSSR count). The molecule has 0 saturated heterocycles. The van der Waals surface area contributed by atoms with Crippen molar-refractivity contribution < 1.29 is 31.5 Å². The molecule has 0 unspecified atom stereocenters. The van der Waals surface area contributed by atoms with E-state index in [4.69, 9.17) is 0 Å². The number of ether oxygens (including phenoxy) is 1. The Balaban J connectivity index is 2.36. The van der Waals surface area contributed by atoms with Gasteiger partial charge in [0.05, 0.1) is 5.56 Å². The fourth-order valence-corrected chi connectivity index (χ4v) is 2.14. The summed E-state index contributed by atoms with van der Waals surface area (Å²) in [5.74, 6) is -3.02. The van der Waals surface area contributed by atoms with E-state index in [0.29, 0.717) is 4.68 Å². The number of rotatable bonds is 5. The summed E-state index contributed by atoms with van der Waals surface area (Å²) in [5.41, 5.74) is 1.56. The molecule has 0 aliphatic carbocycles. The van der Waals surface area contributed by atoms with E-state index in [1.807, 2.05) is 5.43 Å². The lowest BCUT2D eigenvalue weighted by Crippen LogP contribution is -2.29. The molecule has 0 aliphatic heterocycles. The van der Waals surface area contributed by atoms with Crippen LogP contribution < -0.4 is 10.2 Å². The summed E-state index contributed by atoms with van der Waals surface area (Å²) in [4.78, 5) is 12.2. The van der Waals surface area contributed by atoms with Crippen LogP contribution in [0.15, 0.2) is 29.4 Å². The Hall–Kier alpha value is -2.37.